The highest BCUT2D eigenvalue weighted by Crippen LogP contribution is 2.40. The van der Waals surface area contributed by atoms with Gasteiger partial charge in [0, 0.05) is 0 Å². The molecule has 2 rings (SSSR count). The summed E-state index contributed by atoms with van der Waals surface area (Å²) in [4.78, 5) is 26.1. The first kappa shape index (κ1) is 23.8. The fraction of sp³-hybridized carbons (Fsp3) is 0.619. The molecule has 0 unspecified atom stereocenters. The Morgan fingerprint density at radius 1 is 1.00 bits per heavy atom. The largest absolute Gasteiger partial charge is 0.444 e. The van der Waals surface area contributed by atoms with Gasteiger partial charge in [-0.2, -0.15) is 13.2 Å². The number of carbonyl (C=O) groups excluding carboxylic acids is 2. The normalized spacial score (nSPS) is 16.5. The third kappa shape index (κ3) is 5.58. The molecule has 1 heterocycles. The van der Waals surface area contributed by atoms with Crippen molar-refractivity contribution in [3.05, 3.63) is 34.9 Å². The number of hydrogen-bond acceptors (Lipinski definition) is 4. The molecule has 0 bridgehead atoms. The first-order chi connectivity index (χ1) is 13.4. The van der Waals surface area contributed by atoms with Crippen LogP contribution in [0.5, 0.6) is 0 Å². The lowest BCUT2D eigenvalue weighted by molar-refractivity contribution is -0.138. The quantitative estimate of drug-likeness (QED) is 0.718. The second-order valence-electron chi connectivity index (χ2n) is 9.52. The number of rotatable bonds is 2. The zero-order valence-corrected chi connectivity index (χ0v) is 18.4. The van der Waals surface area contributed by atoms with Crippen molar-refractivity contribution >= 4 is 12.2 Å². The fourth-order valence-corrected chi connectivity index (χ4v) is 3.34. The molecule has 1 fully saturated rings. The summed E-state index contributed by atoms with van der Waals surface area (Å²) < 4.78 is 50.9. The molecule has 0 spiro atoms. The van der Waals surface area contributed by atoms with Gasteiger partial charge in [-0.3, -0.25) is 0 Å². The lowest BCUT2D eigenvalue weighted by atomic mass is 9.79. The van der Waals surface area contributed by atoms with E-state index in [0.29, 0.717) is 0 Å². The van der Waals surface area contributed by atoms with Gasteiger partial charge in [0.05, 0.1) is 18.7 Å². The molecule has 1 saturated heterocycles. The van der Waals surface area contributed by atoms with Gasteiger partial charge >= 0.3 is 18.4 Å². The SMILES string of the molecule is Cc1c(C(F)(F)F)cccc1C1(NC(=O)OC(C)(C)C)CN(C(=O)OC(C)(C)C)C1. The maximum absolute atomic E-state index is 13.4. The summed E-state index contributed by atoms with van der Waals surface area (Å²) >= 11 is 0. The summed E-state index contributed by atoms with van der Waals surface area (Å²) in [5, 5.41) is 2.69. The predicted octanol–water partition coefficient (Wildman–Crippen LogP) is 4.98. The van der Waals surface area contributed by atoms with Gasteiger partial charge in [0.2, 0.25) is 0 Å². The molecule has 2 amide bonds. The molecule has 1 aliphatic rings. The Morgan fingerprint density at radius 2 is 1.53 bits per heavy atom. The molecular formula is C21H29F3N2O4. The zero-order valence-electron chi connectivity index (χ0n) is 18.4. The van der Waals surface area contributed by atoms with Crippen molar-refractivity contribution in [2.75, 3.05) is 13.1 Å². The summed E-state index contributed by atoms with van der Waals surface area (Å²) in [6.07, 6.45) is -5.92. The maximum atomic E-state index is 13.4. The first-order valence-electron chi connectivity index (χ1n) is 9.60. The maximum Gasteiger partial charge on any atom is 0.416 e. The molecule has 1 aromatic carbocycles. The van der Waals surface area contributed by atoms with Gasteiger partial charge in [-0.05, 0) is 65.7 Å². The van der Waals surface area contributed by atoms with Gasteiger partial charge in [-0.25, -0.2) is 9.59 Å². The molecule has 1 aliphatic heterocycles. The molecule has 0 aromatic heterocycles. The molecule has 1 N–H and O–H groups in total. The van der Waals surface area contributed by atoms with Crippen LogP contribution >= 0.6 is 0 Å². The Morgan fingerprint density at radius 3 is 2.00 bits per heavy atom. The Balaban J connectivity index is 2.38. The van der Waals surface area contributed by atoms with Crippen LogP contribution in [0.3, 0.4) is 0 Å². The van der Waals surface area contributed by atoms with Gasteiger partial charge in [0.25, 0.3) is 0 Å². The van der Waals surface area contributed by atoms with Crippen molar-refractivity contribution in [3.8, 4) is 0 Å². The van der Waals surface area contributed by atoms with E-state index in [1.54, 1.807) is 41.5 Å². The van der Waals surface area contributed by atoms with Crippen molar-refractivity contribution in [1.29, 1.82) is 0 Å². The number of nitrogens with one attached hydrogen (secondary N) is 1. The number of carbonyl (C=O) groups is 2. The predicted molar refractivity (Wildman–Crippen MR) is 105 cm³/mol. The number of amides is 2. The van der Waals surface area contributed by atoms with Crippen LogP contribution in [-0.4, -0.2) is 41.4 Å². The number of alkyl carbamates (subject to hydrolysis) is 1. The third-order valence-corrected chi connectivity index (χ3v) is 4.47. The molecule has 9 heteroatoms. The van der Waals surface area contributed by atoms with E-state index >= 15 is 0 Å². The van der Waals surface area contributed by atoms with E-state index in [-0.39, 0.29) is 24.2 Å². The standard InChI is InChI=1S/C21H29F3N2O4/c1-13-14(9-8-10-15(13)21(22,23)24)20(25-16(27)29-18(2,3)4)11-26(12-20)17(28)30-19(5,6)7/h8-10H,11-12H2,1-7H3,(H,25,27). The minimum Gasteiger partial charge on any atom is -0.444 e. The summed E-state index contributed by atoms with van der Waals surface area (Å²) in [5.74, 6) is 0. The van der Waals surface area contributed by atoms with E-state index in [9.17, 15) is 22.8 Å². The Kier molecular flexibility index (Phi) is 6.09. The van der Waals surface area contributed by atoms with E-state index in [1.165, 1.54) is 24.0 Å². The zero-order chi connectivity index (χ0) is 23.1. The van der Waals surface area contributed by atoms with E-state index in [0.717, 1.165) is 6.07 Å². The molecule has 0 aliphatic carbocycles. The minimum absolute atomic E-state index is 0.00935. The summed E-state index contributed by atoms with van der Waals surface area (Å²) in [6, 6.07) is 3.80. The topological polar surface area (TPSA) is 67.9 Å². The Labute approximate surface area is 174 Å². The Bertz CT molecular complexity index is 817. The van der Waals surface area contributed by atoms with Gasteiger partial charge in [-0.15, -0.1) is 0 Å². The molecule has 0 saturated carbocycles. The van der Waals surface area contributed by atoms with Gasteiger partial charge in [0.1, 0.15) is 16.7 Å². The highest BCUT2D eigenvalue weighted by Gasteiger charge is 2.51. The van der Waals surface area contributed by atoms with E-state index in [2.05, 4.69) is 5.32 Å². The number of halogens is 3. The summed E-state index contributed by atoms with van der Waals surface area (Å²) in [7, 11) is 0. The van der Waals surface area contributed by atoms with Gasteiger partial charge in [0.15, 0.2) is 0 Å². The Hall–Kier alpha value is -2.45. The van der Waals surface area contributed by atoms with Crippen LogP contribution in [0.2, 0.25) is 0 Å². The number of benzene rings is 1. The van der Waals surface area contributed by atoms with E-state index in [4.69, 9.17) is 9.47 Å². The minimum atomic E-state index is -4.54. The third-order valence-electron chi connectivity index (χ3n) is 4.47. The van der Waals surface area contributed by atoms with E-state index < -0.39 is 40.7 Å². The molecule has 0 atom stereocenters. The van der Waals surface area contributed by atoms with Crippen LogP contribution < -0.4 is 5.32 Å². The van der Waals surface area contributed by atoms with Crippen LogP contribution in [0.4, 0.5) is 22.8 Å². The summed E-state index contributed by atoms with van der Waals surface area (Å²) in [6.45, 7) is 11.5. The number of hydrogen-bond donors (Lipinski definition) is 1. The van der Waals surface area contributed by atoms with Crippen LogP contribution in [-0.2, 0) is 21.2 Å². The number of likely N-dealkylation sites (tertiary alicyclic amines) is 1. The number of ether oxygens (including phenoxy) is 2. The average molecular weight is 430 g/mol. The molecule has 168 valence electrons. The highest BCUT2D eigenvalue weighted by molar-refractivity contribution is 5.74. The molecule has 30 heavy (non-hydrogen) atoms. The van der Waals surface area contributed by atoms with Gasteiger partial charge < -0.3 is 19.7 Å². The summed E-state index contributed by atoms with van der Waals surface area (Å²) in [5.41, 5.74) is -3.25. The molecule has 0 radical (unpaired) electrons. The van der Waals surface area contributed by atoms with E-state index in [1.807, 2.05) is 0 Å². The number of nitrogens with zero attached hydrogens (tertiary/aromatic N) is 1. The second-order valence-corrected chi connectivity index (χ2v) is 9.52. The first-order valence-corrected chi connectivity index (χ1v) is 9.60. The van der Waals surface area contributed by atoms with Crippen LogP contribution in [0.1, 0.15) is 58.2 Å². The molecule has 1 aromatic rings. The van der Waals surface area contributed by atoms with Crippen molar-refractivity contribution in [1.82, 2.24) is 10.2 Å². The van der Waals surface area contributed by atoms with Crippen molar-refractivity contribution in [2.45, 2.75) is 71.4 Å². The van der Waals surface area contributed by atoms with Crippen molar-refractivity contribution in [2.24, 2.45) is 0 Å². The monoisotopic (exact) mass is 430 g/mol. The lowest BCUT2D eigenvalue weighted by Gasteiger charge is -2.51. The van der Waals surface area contributed by atoms with Crippen LogP contribution in [0.25, 0.3) is 0 Å². The smallest absolute Gasteiger partial charge is 0.416 e. The highest BCUT2D eigenvalue weighted by atomic mass is 19.4. The fourth-order valence-electron chi connectivity index (χ4n) is 3.34. The van der Waals surface area contributed by atoms with Crippen molar-refractivity contribution < 1.29 is 32.2 Å². The molecule has 6 nitrogen and oxygen atoms in total. The van der Waals surface area contributed by atoms with Crippen molar-refractivity contribution in [3.63, 3.8) is 0 Å². The average Bonchev–Trinajstić information content (AvgIpc) is 2.46. The number of alkyl halides is 3. The lowest BCUT2D eigenvalue weighted by Crippen LogP contribution is -2.69. The van der Waals surface area contributed by atoms with Gasteiger partial charge in [-0.1, -0.05) is 12.1 Å². The van der Waals surface area contributed by atoms with Crippen LogP contribution in [0.15, 0.2) is 18.2 Å². The second kappa shape index (κ2) is 7.67. The molecular weight excluding hydrogens is 401 g/mol. The van der Waals surface area contributed by atoms with Crippen LogP contribution in [0, 0.1) is 6.92 Å².